The van der Waals surface area contributed by atoms with E-state index in [0.29, 0.717) is 0 Å². The van der Waals surface area contributed by atoms with E-state index in [-0.39, 0.29) is 34.6 Å². The SMILES string of the molecule is COc1ccc(C(=O)Cl)c2ccc(C(F)(F)F)nc12.Cl. The van der Waals surface area contributed by atoms with Gasteiger partial charge in [-0.2, -0.15) is 13.2 Å². The molecule has 0 atom stereocenters. The lowest BCUT2D eigenvalue weighted by atomic mass is 10.1. The van der Waals surface area contributed by atoms with Crippen molar-refractivity contribution in [2.75, 3.05) is 7.11 Å². The summed E-state index contributed by atoms with van der Waals surface area (Å²) < 4.78 is 42.8. The first kappa shape index (κ1) is 16.5. The van der Waals surface area contributed by atoms with E-state index in [1.165, 1.54) is 19.2 Å². The number of halogens is 5. The van der Waals surface area contributed by atoms with Gasteiger partial charge in [0, 0.05) is 10.9 Å². The Bertz CT molecular complexity index is 659. The molecule has 3 nitrogen and oxygen atoms in total. The number of methoxy groups -OCH3 is 1. The number of hydrogen-bond acceptors (Lipinski definition) is 3. The molecule has 0 fully saturated rings. The third-order valence-corrected chi connectivity index (χ3v) is 2.75. The molecule has 0 unspecified atom stereocenters. The lowest BCUT2D eigenvalue weighted by Crippen LogP contribution is -2.08. The van der Waals surface area contributed by atoms with E-state index in [4.69, 9.17) is 16.3 Å². The highest BCUT2D eigenvalue weighted by Gasteiger charge is 2.33. The standard InChI is InChI=1S/C12H7ClF3NO2.ClH/c1-19-8-4-2-7(11(13)18)6-3-5-9(12(14,15)16)17-10(6)8;/h2-5H,1H3;1H. The molecule has 0 radical (unpaired) electrons. The van der Waals surface area contributed by atoms with Gasteiger partial charge in [0.1, 0.15) is 17.0 Å². The lowest BCUT2D eigenvalue weighted by molar-refractivity contribution is -0.140. The first-order valence-electron chi connectivity index (χ1n) is 5.09. The van der Waals surface area contributed by atoms with Gasteiger partial charge in [0.25, 0.3) is 5.24 Å². The normalized spacial score (nSPS) is 11.1. The molecule has 0 saturated carbocycles. The van der Waals surface area contributed by atoms with E-state index in [1.54, 1.807) is 0 Å². The van der Waals surface area contributed by atoms with Gasteiger partial charge in [0.15, 0.2) is 0 Å². The van der Waals surface area contributed by atoms with E-state index in [2.05, 4.69) is 4.98 Å². The molecule has 1 aromatic carbocycles. The number of carbonyl (C=O) groups is 1. The molecular weight excluding hydrogens is 318 g/mol. The van der Waals surface area contributed by atoms with Crippen molar-refractivity contribution in [1.29, 1.82) is 0 Å². The van der Waals surface area contributed by atoms with Gasteiger partial charge in [-0.15, -0.1) is 12.4 Å². The van der Waals surface area contributed by atoms with Gasteiger partial charge in [-0.05, 0) is 35.9 Å². The number of fused-ring (bicyclic) bond motifs is 1. The van der Waals surface area contributed by atoms with Crippen LogP contribution in [-0.2, 0) is 6.18 Å². The van der Waals surface area contributed by atoms with Gasteiger partial charge in [-0.3, -0.25) is 4.79 Å². The molecule has 20 heavy (non-hydrogen) atoms. The maximum absolute atomic E-state index is 12.6. The van der Waals surface area contributed by atoms with Gasteiger partial charge in [0.2, 0.25) is 0 Å². The van der Waals surface area contributed by atoms with Crippen LogP contribution < -0.4 is 4.74 Å². The fourth-order valence-electron chi connectivity index (χ4n) is 1.69. The van der Waals surface area contributed by atoms with Crippen molar-refractivity contribution in [3.63, 3.8) is 0 Å². The summed E-state index contributed by atoms with van der Waals surface area (Å²) in [5.74, 6) is 0.141. The largest absolute Gasteiger partial charge is 0.494 e. The third kappa shape index (κ3) is 2.96. The smallest absolute Gasteiger partial charge is 0.433 e. The number of nitrogens with zero attached hydrogens (tertiary/aromatic N) is 1. The van der Waals surface area contributed by atoms with Crippen LogP contribution in [0.4, 0.5) is 13.2 Å². The summed E-state index contributed by atoms with van der Waals surface area (Å²) in [4.78, 5) is 14.7. The van der Waals surface area contributed by atoms with Crippen LogP contribution in [0.25, 0.3) is 10.9 Å². The van der Waals surface area contributed by atoms with Gasteiger partial charge >= 0.3 is 6.18 Å². The average Bonchev–Trinajstić information content (AvgIpc) is 2.35. The fraction of sp³-hybridized carbons (Fsp3) is 0.167. The van der Waals surface area contributed by atoms with Crippen molar-refractivity contribution in [2.24, 2.45) is 0 Å². The van der Waals surface area contributed by atoms with Gasteiger partial charge in [-0.25, -0.2) is 4.98 Å². The summed E-state index contributed by atoms with van der Waals surface area (Å²) in [6.45, 7) is 0. The molecule has 0 saturated heterocycles. The number of rotatable bonds is 2. The van der Waals surface area contributed by atoms with Crippen LogP contribution in [0.3, 0.4) is 0 Å². The average molecular weight is 326 g/mol. The van der Waals surface area contributed by atoms with E-state index < -0.39 is 17.1 Å². The molecule has 108 valence electrons. The third-order valence-electron chi connectivity index (χ3n) is 2.54. The summed E-state index contributed by atoms with van der Waals surface area (Å²) in [7, 11) is 1.30. The van der Waals surface area contributed by atoms with E-state index in [1.807, 2.05) is 0 Å². The molecule has 0 amide bonds. The predicted octanol–water partition coefficient (Wildman–Crippen LogP) is 4.06. The highest BCUT2D eigenvalue weighted by atomic mass is 35.5. The molecule has 0 bridgehead atoms. The van der Waals surface area contributed by atoms with Crippen molar-refractivity contribution in [2.45, 2.75) is 6.18 Å². The number of alkyl halides is 3. The zero-order chi connectivity index (χ0) is 14.2. The second kappa shape index (κ2) is 5.85. The van der Waals surface area contributed by atoms with Crippen molar-refractivity contribution in [1.82, 2.24) is 4.98 Å². The molecule has 0 aliphatic heterocycles. The van der Waals surface area contributed by atoms with Crippen molar-refractivity contribution in [3.8, 4) is 5.75 Å². The van der Waals surface area contributed by atoms with Crippen molar-refractivity contribution >= 4 is 40.2 Å². The molecular formula is C12H8Cl2F3NO2. The van der Waals surface area contributed by atoms with Crippen LogP contribution in [0.15, 0.2) is 24.3 Å². The Kier molecular flexibility index (Phi) is 4.83. The second-order valence-electron chi connectivity index (χ2n) is 3.68. The van der Waals surface area contributed by atoms with Crippen LogP contribution in [-0.4, -0.2) is 17.3 Å². The summed E-state index contributed by atoms with van der Waals surface area (Å²) in [5, 5.41) is -0.554. The summed E-state index contributed by atoms with van der Waals surface area (Å²) in [6.07, 6.45) is -4.57. The Morgan fingerprint density at radius 2 is 1.90 bits per heavy atom. The topological polar surface area (TPSA) is 39.2 Å². The van der Waals surface area contributed by atoms with Gasteiger partial charge < -0.3 is 4.74 Å². The van der Waals surface area contributed by atoms with Crippen LogP contribution >= 0.6 is 24.0 Å². The zero-order valence-corrected chi connectivity index (χ0v) is 11.6. The lowest BCUT2D eigenvalue weighted by Gasteiger charge is -2.10. The Morgan fingerprint density at radius 1 is 1.25 bits per heavy atom. The van der Waals surface area contributed by atoms with Gasteiger partial charge in [0.05, 0.1) is 7.11 Å². The molecule has 0 spiro atoms. The van der Waals surface area contributed by atoms with Crippen LogP contribution in [0, 0.1) is 0 Å². The Labute approximate surface area is 123 Å². The minimum Gasteiger partial charge on any atom is -0.494 e. The molecule has 1 heterocycles. The highest BCUT2D eigenvalue weighted by Crippen LogP contribution is 2.33. The number of ether oxygens (including phenoxy) is 1. The predicted molar refractivity (Wildman–Crippen MR) is 70.7 cm³/mol. The zero-order valence-electron chi connectivity index (χ0n) is 9.99. The first-order chi connectivity index (χ1) is 8.84. The van der Waals surface area contributed by atoms with Gasteiger partial charge in [-0.1, -0.05) is 0 Å². The maximum atomic E-state index is 12.6. The first-order valence-corrected chi connectivity index (χ1v) is 5.47. The number of benzene rings is 1. The van der Waals surface area contributed by atoms with Crippen molar-refractivity contribution < 1.29 is 22.7 Å². The fourth-order valence-corrected chi connectivity index (χ4v) is 1.85. The van der Waals surface area contributed by atoms with Crippen LogP contribution in [0.2, 0.25) is 0 Å². The molecule has 2 aromatic rings. The number of hydrogen-bond donors (Lipinski definition) is 0. The van der Waals surface area contributed by atoms with Crippen LogP contribution in [0.5, 0.6) is 5.75 Å². The van der Waals surface area contributed by atoms with Crippen LogP contribution in [0.1, 0.15) is 16.1 Å². The molecule has 0 aliphatic rings. The second-order valence-corrected chi connectivity index (χ2v) is 4.02. The monoisotopic (exact) mass is 325 g/mol. The summed E-state index contributed by atoms with van der Waals surface area (Å²) in [5.41, 5.74) is -1.03. The molecule has 2 rings (SSSR count). The van der Waals surface area contributed by atoms with E-state index >= 15 is 0 Å². The maximum Gasteiger partial charge on any atom is 0.433 e. The molecule has 0 N–H and O–H groups in total. The molecule has 8 heteroatoms. The minimum atomic E-state index is -4.57. The number of carbonyl (C=O) groups excluding carboxylic acids is 1. The Hall–Kier alpha value is -1.53. The molecule has 0 aliphatic carbocycles. The number of aromatic nitrogens is 1. The molecule has 1 aromatic heterocycles. The Balaban J connectivity index is 0.00000200. The van der Waals surface area contributed by atoms with E-state index in [0.717, 1.165) is 12.1 Å². The minimum absolute atomic E-state index is 0. The van der Waals surface area contributed by atoms with E-state index in [9.17, 15) is 18.0 Å². The Morgan fingerprint density at radius 3 is 2.40 bits per heavy atom. The van der Waals surface area contributed by atoms with Crippen molar-refractivity contribution in [3.05, 3.63) is 35.5 Å². The number of pyridine rings is 1. The quantitative estimate of drug-likeness (QED) is 0.781. The summed E-state index contributed by atoms with van der Waals surface area (Å²) in [6, 6.07) is 4.69. The highest BCUT2D eigenvalue weighted by molar-refractivity contribution is 6.68. The summed E-state index contributed by atoms with van der Waals surface area (Å²) >= 11 is 5.38.